The molecule has 2 rings (SSSR count). The van der Waals surface area contributed by atoms with Crippen molar-refractivity contribution in [3.05, 3.63) is 11.8 Å². The van der Waals surface area contributed by atoms with Gasteiger partial charge in [-0.25, -0.2) is 0 Å². The van der Waals surface area contributed by atoms with Crippen LogP contribution in [0, 0.1) is 30.1 Å². The highest BCUT2D eigenvalue weighted by Gasteiger charge is 2.34. The molecule has 0 bridgehead atoms. The summed E-state index contributed by atoms with van der Waals surface area (Å²) in [4.78, 5) is 12.5. The zero-order valence-corrected chi connectivity index (χ0v) is 13.5. The quantitative estimate of drug-likeness (QED) is 0.906. The molecule has 22 heavy (non-hydrogen) atoms. The summed E-state index contributed by atoms with van der Waals surface area (Å²) < 4.78 is 7.52. The van der Waals surface area contributed by atoms with E-state index in [-0.39, 0.29) is 17.9 Å². The lowest BCUT2D eigenvalue weighted by molar-refractivity contribution is -0.131. The average Bonchev–Trinajstić information content (AvgIpc) is 2.84. The van der Waals surface area contributed by atoms with E-state index < -0.39 is 0 Å². The molecule has 1 aliphatic heterocycles. The maximum absolute atomic E-state index is 12.5. The van der Waals surface area contributed by atoms with E-state index in [1.165, 1.54) is 0 Å². The van der Waals surface area contributed by atoms with Gasteiger partial charge < -0.3 is 10.1 Å². The third kappa shape index (κ3) is 3.86. The van der Waals surface area contributed by atoms with Crippen LogP contribution in [0.15, 0.2) is 6.07 Å². The van der Waals surface area contributed by atoms with Gasteiger partial charge in [-0.3, -0.25) is 9.48 Å². The molecule has 1 aromatic rings. The number of aryl methyl sites for hydroxylation is 2. The molecule has 2 atom stereocenters. The van der Waals surface area contributed by atoms with Crippen LogP contribution < -0.4 is 5.32 Å². The summed E-state index contributed by atoms with van der Waals surface area (Å²) in [6.45, 7) is 7.35. The van der Waals surface area contributed by atoms with Crippen LogP contribution in [0.25, 0.3) is 0 Å². The molecule has 0 spiro atoms. The van der Waals surface area contributed by atoms with E-state index in [1.54, 1.807) is 4.68 Å². The fourth-order valence-corrected chi connectivity index (χ4v) is 2.91. The second-order valence-corrected chi connectivity index (χ2v) is 6.12. The van der Waals surface area contributed by atoms with Crippen molar-refractivity contribution in [1.29, 1.82) is 5.26 Å². The number of nitrogens with one attached hydrogen (secondary N) is 1. The number of aromatic nitrogens is 2. The van der Waals surface area contributed by atoms with Crippen molar-refractivity contribution in [3.8, 4) is 6.07 Å². The molecule has 0 aliphatic carbocycles. The average molecular weight is 304 g/mol. The Labute approximate surface area is 131 Å². The van der Waals surface area contributed by atoms with Gasteiger partial charge in [0.05, 0.1) is 31.1 Å². The number of rotatable bonds is 5. The fraction of sp³-hybridized carbons (Fsp3) is 0.688. The van der Waals surface area contributed by atoms with Crippen molar-refractivity contribution >= 4 is 11.7 Å². The summed E-state index contributed by atoms with van der Waals surface area (Å²) in [5.41, 5.74) is 0.936. The van der Waals surface area contributed by atoms with Crippen LogP contribution in [0.2, 0.25) is 0 Å². The highest BCUT2D eigenvalue weighted by Crippen LogP contribution is 2.27. The van der Waals surface area contributed by atoms with Crippen molar-refractivity contribution in [2.24, 2.45) is 11.8 Å². The van der Waals surface area contributed by atoms with Gasteiger partial charge in [-0.05, 0) is 25.7 Å². The molecule has 2 heterocycles. The number of carbonyl (C=O) groups excluding carboxylic acids is 1. The molecule has 0 saturated carbocycles. The Morgan fingerprint density at radius 2 is 2.41 bits per heavy atom. The second-order valence-electron chi connectivity index (χ2n) is 6.12. The lowest BCUT2D eigenvalue weighted by Gasteiger charge is -2.33. The van der Waals surface area contributed by atoms with Crippen LogP contribution in [-0.4, -0.2) is 28.4 Å². The predicted molar refractivity (Wildman–Crippen MR) is 83.1 cm³/mol. The van der Waals surface area contributed by atoms with Gasteiger partial charge in [0.15, 0.2) is 5.82 Å². The number of ether oxygens (including phenoxy) is 1. The highest BCUT2D eigenvalue weighted by atomic mass is 16.5. The normalized spacial score (nSPS) is 21.6. The zero-order chi connectivity index (χ0) is 16.1. The van der Waals surface area contributed by atoms with Crippen LogP contribution in [0.4, 0.5) is 5.82 Å². The molecule has 1 N–H and O–H groups in total. The number of nitriles is 1. The Morgan fingerprint density at radius 3 is 3.09 bits per heavy atom. The monoisotopic (exact) mass is 304 g/mol. The number of amides is 1. The van der Waals surface area contributed by atoms with Crippen LogP contribution in [0.5, 0.6) is 0 Å². The largest absolute Gasteiger partial charge is 0.377 e. The summed E-state index contributed by atoms with van der Waals surface area (Å²) in [7, 11) is 0. The van der Waals surface area contributed by atoms with Crippen LogP contribution >= 0.6 is 0 Å². The summed E-state index contributed by atoms with van der Waals surface area (Å²) >= 11 is 0. The topological polar surface area (TPSA) is 79.9 Å². The molecule has 6 heteroatoms. The van der Waals surface area contributed by atoms with Crippen LogP contribution in [-0.2, 0) is 16.1 Å². The second kappa shape index (κ2) is 7.41. The zero-order valence-electron chi connectivity index (χ0n) is 13.5. The first-order valence-electron chi connectivity index (χ1n) is 7.86. The number of hydrogen-bond donors (Lipinski definition) is 1. The summed E-state index contributed by atoms with van der Waals surface area (Å²) in [5.74, 6) is 0.709. The van der Waals surface area contributed by atoms with E-state index in [2.05, 4.69) is 30.3 Å². The van der Waals surface area contributed by atoms with E-state index in [9.17, 15) is 4.79 Å². The Bertz CT molecular complexity index is 559. The van der Waals surface area contributed by atoms with Crippen molar-refractivity contribution in [2.75, 3.05) is 11.9 Å². The minimum Gasteiger partial charge on any atom is -0.377 e. The van der Waals surface area contributed by atoms with Crippen molar-refractivity contribution in [3.63, 3.8) is 0 Å². The Kier molecular flexibility index (Phi) is 5.56. The third-order valence-corrected chi connectivity index (χ3v) is 4.03. The number of carbonyl (C=O) groups is 1. The van der Waals surface area contributed by atoms with Crippen molar-refractivity contribution in [2.45, 2.75) is 52.7 Å². The molecule has 0 aromatic carbocycles. The van der Waals surface area contributed by atoms with Gasteiger partial charge in [-0.15, -0.1) is 0 Å². The van der Waals surface area contributed by atoms with Crippen molar-refractivity contribution < 1.29 is 9.53 Å². The van der Waals surface area contributed by atoms with Gasteiger partial charge >= 0.3 is 0 Å². The molecule has 6 nitrogen and oxygen atoms in total. The molecular weight excluding hydrogens is 280 g/mol. The SMILES string of the molecule is Cc1cc(NC(=O)[C@H]2CCCO[C@@H]2C(C)C)nn1CCC#N. The van der Waals surface area contributed by atoms with Gasteiger partial charge in [0.25, 0.3) is 0 Å². The number of anilines is 1. The Morgan fingerprint density at radius 1 is 1.64 bits per heavy atom. The standard InChI is InChI=1S/C16H24N4O2/c1-11(2)15-13(6-4-9-22-15)16(21)18-14-10-12(3)20(19-14)8-5-7-17/h10-11,13,15H,4-6,8-9H2,1-3H3,(H,18,19,21)/t13-,15+/m0/s1. The summed E-state index contributed by atoms with van der Waals surface area (Å²) in [6, 6.07) is 3.94. The summed E-state index contributed by atoms with van der Waals surface area (Å²) in [6.07, 6.45) is 2.14. The smallest absolute Gasteiger partial charge is 0.231 e. The lowest BCUT2D eigenvalue weighted by atomic mass is 9.87. The first-order valence-corrected chi connectivity index (χ1v) is 7.86. The highest BCUT2D eigenvalue weighted by molar-refractivity contribution is 5.92. The van der Waals surface area contributed by atoms with Gasteiger partial charge in [0.2, 0.25) is 5.91 Å². The van der Waals surface area contributed by atoms with Gasteiger partial charge in [0.1, 0.15) is 0 Å². The molecule has 1 fully saturated rings. The minimum atomic E-state index is -0.127. The number of hydrogen-bond acceptors (Lipinski definition) is 4. The molecular formula is C16H24N4O2. The Hall–Kier alpha value is -1.87. The third-order valence-electron chi connectivity index (χ3n) is 4.03. The predicted octanol–water partition coefficient (Wildman–Crippen LogP) is 2.49. The fourth-order valence-electron chi connectivity index (χ4n) is 2.91. The molecule has 1 amide bonds. The van der Waals surface area contributed by atoms with Crippen LogP contribution in [0.1, 0.15) is 38.8 Å². The van der Waals surface area contributed by atoms with Gasteiger partial charge in [-0.2, -0.15) is 10.4 Å². The molecule has 0 unspecified atom stereocenters. The van der Waals surface area contributed by atoms with E-state index in [0.717, 1.165) is 25.1 Å². The molecule has 1 aliphatic rings. The Balaban J connectivity index is 2.03. The molecule has 1 saturated heterocycles. The van der Waals surface area contributed by atoms with E-state index in [0.29, 0.717) is 24.7 Å². The summed E-state index contributed by atoms with van der Waals surface area (Å²) in [5, 5.41) is 15.9. The van der Waals surface area contributed by atoms with Gasteiger partial charge in [0, 0.05) is 18.4 Å². The van der Waals surface area contributed by atoms with E-state index >= 15 is 0 Å². The van der Waals surface area contributed by atoms with E-state index in [1.807, 2.05) is 13.0 Å². The first-order chi connectivity index (χ1) is 10.5. The first kappa shape index (κ1) is 16.5. The van der Waals surface area contributed by atoms with Crippen molar-refractivity contribution in [1.82, 2.24) is 9.78 Å². The van der Waals surface area contributed by atoms with E-state index in [4.69, 9.17) is 10.00 Å². The maximum atomic E-state index is 12.5. The maximum Gasteiger partial charge on any atom is 0.231 e. The molecule has 120 valence electrons. The molecule has 1 aromatic heterocycles. The van der Waals surface area contributed by atoms with Crippen LogP contribution in [0.3, 0.4) is 0 Å². The minimum absolute atomic E-state index is 0.0247. The van der Waals surface area contributed by atoms with Gasteiger partial charge in [-0.1, -0.05) is 13.8 Å². The molecule has 0 radical (unpaired) electrons. The lowest BCUT2D eigenvalue weighted by Crippen LogP contribution is -2.41. The number of nitrogens with zero attached hydrogens (tertiary/aromatic N) is 3.